The van der Waals surface area contributed by atoms with E-state index < -0.39 is 0 Å². The Hall–Kier alpha value is -1.22. The number of benzene rings is 2. The van der Waals surface area contributed by atoms with Crippen LogP contribution in [0, 0.1) is 0 Å². The minimum absolute atomic E-state index is 0.489. The van der Waals surface area contributed by atoms with Crippen molar-refractivity contribution in [2.45, 2.75) is 33.0 Å². The van der Waals surface area contributed by atoms with Crippen molar-refractivity contribution < 1.29 is 4.74 Å². The fraction of sp³-hybridized carbons (Fsp3) is 0.294. The van der Waals surface area contributed by atoms with Gasteiger partial charge in [-0.05, 0) is 23.3 Å². The molecule has 0 atom stereocenters. The average molecular weight is 324 g/mol. The molecule has 0 fully saturated rings. The van der Waals surface area contributed by atoms with Crippen LogP contribution in [0.1, 0.15) is 25.0 Å². The minimum Gasteiger partial charge on any atom is -0.489 e. The van der Waals surface area contributed by atoms with Crippen LogP contribution in [0.25, 0.3) is 0 Å². The van der Waals surface area contributed by atoms with E-state index in [1.54, 1.807) is 12.1 Å². The second kappa shape index (κ2) is 7.69. The molecule has 0 saturated heterocycles. The molecule has 0 bridgehead atoms. The summed E-state index contributed by atoms with van der Waals surface area (Å²) in [6.07, 6.45) is 0. The maximum Gasteiger partial charge on any atom is 0.121 e. The molecule has 21 heavy (non-hydrogen) atoms. The molecule has 0 amide bonds. The molecular formula is C17H19Cl2NO. The Kier molecular flexibility index (Phi) is 5.92. The SMILES string of the molecule is CC(C)NCc1ccc(COc2ccc(Cl)c(Cl)c2)cc1. The van der Waals surface area contributed by atoms with E-state index in [-0.39, 0.29) is 0 Å². The molecule has 0 aliphatic heterocycles. The molecule has 1 N–H and O–H groups in total. The summed E-state index contributed by atoms with van der Waals surface area (Å²) in [6.45, 7) is 5.67. The Morgan fingerprint density at radius 1 is 0.952 bits per heavy atom. The third-order valence-corrected chi connectivity index (χ3v) is 3.77. The fourth-order valence-electron chi connectivity index (χ4n) is 1.81. The standard InChI is InChI=1S/C17H19Cl2NO/c1-12(2)20-10-13-3-5-14(6-4-13)11-21-15-7-8-16(18)17(19)9-15/h3-9,12,20H,10-11H2,1-2H3. The summed E-state index contributed by atoms with van der Waals surface area (Å²) in [5.74, 6) is 0.718. The van der Waals surface area contributed by atoms with Crippen LogP contribution >= 0.6 is 23.2 Å². The van der Waals surface area contributed by atoms with Gasteiger partial charge in [0, 0.05) is 18.7 Å². The number of nitrogens with one attached hydrogen (secondary N) is 1. The van der Waals surface area contributed by atoms with Gasteiger partial charge in [-0.25, -0.2) is 0 Å². The van der Waals surface area contributed by atoms with Crippen LogP contribution < -0.4 is 10.1 Å². The van der Waals surface area contributed by atoms with Crippen molar-refractivity contribution in [3.63, 3.8) is 0 Å². The maximum absolute atomic E-state index is 5.96. The van der Waals surface area contributed by atoms with Crippen molar-refractivity contribution in [3.05, 3.63) is 63.6 Å². The summed E-state index contributed by atoms with van der Waals surface area (Å²) in [5.41, 5.74) is 2.39. The van der Waals surface area contributed by atoms with Crippen molar-refractivity contribution in [1.29, 1.82) is 0 Å². The molecule has 2 aromatic carbocycles. The van der Waals surface area contributed by atoms with Gasteiger partial charge in [0.15, 0.2) is 0 Å². The van der Waals surface area contributed by atoms with E-state index in [0.29, 0.717) is 22.7 Å². The molecule has 2 nitrogen and oxygen atoms in total. The van der Waals surface area contributed by atoms with Gasteiger partial charge in [-0.15, -0.1) is 0 Å². The van der Waals surface area contributed by atoms with E-state index in [0.717, 1.165) is 17.9 Å². The highest BCUT2D eigenvalue weighted by atomic mass is 35.5. The molecule has 0 radical (unpaired) electrons. The lowest BCUT2D eigenvalue weighted by Crippen LogP contribution is -2.21. The van der Waals surface area contributed by atoms with Crippen molar-refractivity contribution in [1.82, 2.24) is 5.32 Å². The first-order chi connectivity index (χ1) is 10.0. The van der Waals surface area contributed by atoms with Crippen LogP contribution in [0.15, 0.2) is 42.5 Å². The predicted octanol–water partition coefficient (Wildman–Crippen LogP) is 5.07. The second-order valence-electron chi connectivity index (χ2n) is 5.22. The van der Waals surface area contributed by atoms with E-state index in [2.05, 4.69) is 43.4 Å². The van der Waals surface area contributed by atoms with Gasteiger partial charge >= 0.3 is 0 Å². The minimum atomic E-state index is 0.489. The third-order valence-electron chi connectivity index (χ3n) is 3.03. The highest BCUT2D eigenvalue weighted by Gasteiger charge is 2.01. The number of hydrogen-bond acceptors (Lipinski definition) is 2. The molecule has 0 aliphatic carbocycles. The smallest absolute Gasteiger partial charge is 0.121 e. The molecule has 2 aromatic rings. The Balaban J connectivity index is 1.89. The zero-order valence-electron chi connectivity index (χ0n) is 12.2. The van der Waals surface area contributed by atoms with Crippen LogP contribution in [0.3, 0.4) is 0 Å². The van der Waals surface area contributed by atoms with E-state index in [1.807, 2.05) is 6.07 Å². The summed E-state index contributed by atoms with van der Waals surface area (Å²) in [7, 11) is 0. The average Bonchev–Trinajstić information content (AvgIpc) is 2.47. The van der Waals surface area contributed by atoms with Crippen molar-refractivity contribution in [2.24, 2.45) is 0 Å². The zero-order valence-corrected chi connectivity index (χ0v) is 13.7. The van der Waals surface area contributed by atoms with Crippen molar-refractivity contribution >= 4 is 23.2 Å². The van der Waals surface area contributed by atoms with Crippen molar-refractivity contribution in [2.75, 3.05) is 0 Å². The van der Waals surface area contributed by atoms with Gasteiger partial charge < -0.3 is 10.1 Å². The Morgan fingerprint density at radius 3 is 2.24 bits per heavy atom. The fourth-order valence-corrected chi connectivity index (χ4v) is 2.10. The number of rotatable bonds is 6. The van der Waals surface area contributed by atoms with E-state index in [1.165, 1.54) is 5.56 Å². The first-order valence-electron chi connectivity index (χ1n) is 6.93. The first kappa shape index (κ1) is 16.2. The summed E-state index contributed by atoms with van der Waals surface area (Å²) < 4.78 is 5.71. The van der Waals surface area contributed by atoms with Gasteiger partial charge in [-0.3, -0.25) is 0 Å². The molecule has 0 heterocycles. The van der Waals surface area contributed by atoms with Gasteiger partial charge in [0.1, 0.15) is 12.4 Å². The normalized spacial score (nSPS) is 10.9. The van der Waals surface area contributed by atoms with E-state index in [4.69, 9.17) is 27.9 Å². The van der Waals surface area contributed by atoms with Crippen molar-refractivity contribution in [3.8, 4) is 5.75 Å². The number of halogens is 2. The predicted molar refractivity (Wildman–Crippen MR) is 89.2 cm³/mol. The lowest BCUT2D eigenvalue weighted by Gasteiger charge is -2.10. The summed E-state index contributed by atoms with van der Waals surface area (Å²) in [5, 5.41) is 4.43. The molecule has 0 spiro atoms. The molecule has 0 unspecified atom stereocenters. The Bertz CT molecular complexity index is 582. The molecular weight excluding hydrogens is 305 g/mol. The van der Waals surface area contributed by atoms with Gasteiger partial charge in [0.05, 0.1) is 10.0 Å². The summed E-state index contributed by atoms with van der Waals surface area (Å²) >= 11 is 11.8. The second-order valence-corrected chi connectivity index (χ2v) is 6.03. The van der Waals surface area contributed by atoms with Gasteiger partial charge in [0.2, 0.25) is 0 Å². The van der Waals surface area contributed by atoms with Crippen LogP contribution in [0.5, 0.6) is 5.75 Å². The lowest BCUT2D eigenvalue weighted by molar-refractivity contribution is 0.306. The van der Waals surface area contributed by atoms with Gasteiger partial charge in [0.25, 0.3) is 0 Å². The maximum atomic E-state index is 5.96. The Morgan fingerprint density at radius 2 is 1.62 bits per heavy atom. The largest absolute Gasteiger partial charge is 0.489 e. The molecule has 112 valence electrons. The number of hydrogen-bond donors (Lipinski definition) is 1. The van der Waals surface area contributed by atoms with Crippen LogP contribution in [0.4, 0.5) is 0 Å². The summed E-state index contributed by atoms with van der Waals surface area (Å²) in [6, 6.07) is 14.2. The molecule has 0 aromatic heterocycles. The Labute approximate surface area is 136 Å². The summed E-state index contributed by atoms with van der Waals surface area (Å²) in [4.78, 5) is 0. The zero-order chi connectivity index (χ0) is 15.2. The van der Waals surface area contributed by atoms with E-state index in [9.17, 15) is 0 Å². The van der Waals surface area contributed by atoms with Crippen LogP contribution in [-0.4, -0.2) is 6.04 Å². The third kappa shape index (κ3) is 5.24. The van der Waals surface area contributed by atoms with Gasteiger partial charge in [-0.2, -0.15) is 0 Å². The first-order valence-corrected chi connectivity index (χ1v) is 7.69. The monoisotopic (exact) mass is 323 g/mol. The lowest BCUT2D eigenvalue weighted by atomic mass is 10.1. The van der Waals surface area contributed by atoms with Crippen LogP contribution in [-0.2, 0) is 13.2 Å². The topological polar surface area (TPSA) is 21.3 Å². The van der Waals surface area contributed by atoms with E-state index >= 15 is 0 Å². The highest BCUT2D eigenvalue weighted by Crippen LogP contribution is 2.26. The molecule has 0 aliphatic rings. The van der Waals surface area contributed by atoms with Gasteiger partial charge in [-0.1, -0.05) is 61.3 Å². The molecule has 0 saturated carbocycles. The molecule has 4 heteroatoms. The van der Waals surface area contributed by atoms with Crippen LogP contribution in [0.2, 0.25) is 10.0 Å². The quantitative estimate of drug-likeness (QED) is 0.801. The molecule has 2 rings (SSSR count). The highest BCUT2D eigenvalue weighted by molar-refractivity contribution is 6.42. The number of ether oxygens (including phenoxy) is 1.